The van der Waals surface area contributed by atoms with E-state index >= 15 is 0 Å². The smallest absolute Gasteiger partial charge is 0.258 e. The number of carbonyl (C=O) groups is 2. The standard InChI is InChI=1S/C21H24FN3O2.ClH/c1-14-5-4-7-17(21(27)25-11-9-15(13-23)10-12-25)19(14)24-20(26)16-6-2-3-8-18(16)22;/h2-8,15H,9-13,23H2,1H3,(H,24,26);1H. The molecule has 1 fully saturated rings. The van der Waals surface area contributed by atoms with Crippen molar-refractivity contribution >= 4 is 29.9 Å². The van der Waals surface area contributed by atoms with Crippen LogP contribution in [0.15, 0.2) is 42.5 Å². The number of rotatable bonds is 4. The van der Waals surface area contributed by atoms with Gasteiger partial charge in [0.25, 0.3) is 11.8 Å². The van der Waals surface area contributed by atoms with Crippen molar-refractivity contribution in [2.24, 2.45) is 11.7 Å². The molecule has 0 radical (unpaired) electrons. The van der Waals surface area contributed by atoms with Gasteiger partial charge in [-0.05, 0) is 56.0 Å². The van der Waals surface area contributed by atoms with E-state index in [4.69, 9.17) is 5.73 Å². The molecular formula is C21H25ClFN3O2. The molecular weight excluding hydrogens is 381 g/mol. The third-order valence-electron chi connectivity index (χ3n) is 5.10. The number of piperidine rings is 1. The van der Waals surface area contributed by atoms with E-state index < -0.39 is 11.7 Å². The first-order valence-corrected chi connectivity index (χ1v) is 9.16. The minimum Gasteiger partial charge on any atom is -0.339 e. The Kier molecular flexibility index (Phi) is 7.54. The fourth-order valence-corrected chi connectivity index (χ4v) is 3.38. The number of nitrogens with one attached hydrogen (secondary N) is 1. The molecule has 5 nitrogen and oxygen atoms in total. The van der Waals surface area contributed by atoms with E-state index in [-0.39, 0.29) is 23.9 Å². The number of nitrogens with two attached hydrogens (primary N) is 1. The van der Waals surface area contributed by atoms with Crippen molar-refractivity contribution < 1.29 is 14.0 Å². The van der Waals surface area contributed by atoms with E-state index in [1.807, 2.05) is 13.0 Å². The van der Waals surface area contributed by atoms with Crippen LogP contribution >= 0.6 is 12.4 Å². The van der Waals surface area contributed by atoms with Crippen LogP contribution in [0.5, 0.6) is 0 Å². The average Bonchev–Trinajstić information content (AvgIpc) is 2.69. The summed E-state index contributed by atoms with van der Waals surface area (Å²) >= 11 is 0. The second-order valence-electron chi connectivity index (χ2n) is 6.90. The van der Waals surface area contributed by atoms with E-state index in [2.05, 4.69) is 5.32 Å². The van der Waals surface area contributed by atoms with Gasteiger partial charge in [0.1, 0.15) is 5.82 Å². The van der Waals surface area contributed by atoms with Crippen LogP contribution in [0.25, 0.3) is 0 Å². The highest BCUT2D eigenvalue weighted by molar-refractivity contribution is 6.09. The Labute approximate surface area is 170 Å². The van der Waals surface area contributed by atoms with Gasteiger partial charge in [-0.2, -0.15) is 0 Å². The van der Waals surface area contributed by atoms with Crippen LogP contribution in [0.3, 0.4) is 0 Å². The van der Waals surface area contributed by atoms with Crippen LogP contribution in [0.2, 0.25) is 0 Å². The number of aryl methyl sites for hydroxylation is 1. The summed E-state index contributed by atoms with van der Waals surface area (Å²) in [7, 11) is 0. The Morgan fingerprint density at radius 1 is 1.11 bits per heavy atom. The summed E-state index contributed by atoms with van der Waals surface area (Å²) in [5, 5.41) is 2.73. The number of nitrogens with zero attached hydrogens (tertiary/aromatic N) is 1. The zero-order valence-electron chi connectivity index (χ0n) is 15.8. The highest BCUT2D eigenvalue weighted by Crippen LogP contribution is 2.25. The Balaban J connectivity index is 0.00000280. The van der Waals surface area contributed by atoms with Crippen LogP contribution in [0, 0.1) is 18.7 Å². The number of likely N-dealkylation sites (tertiary alicyclic amines) is 1. The summed E-state index contributed by atoms with van der Waals surface area (Å²) in [6.45, 7) is 3.75. The lowest BCUT2D eigenvalue weighted by atomic mass is 9.96. The number of amides is 2. The number of para-hydroxylation sites is 1. The van der Waals surface area contributed by atoms with E-state index in [1.165, 1.54) is 18.2 Å². The molecule has 3 N–H and O–H groups in total. The first-order valence-electron chi connectivity index (χ1n) is 9.16. The van der Waals surface area contributed by atoms with Gasteiger partial charge in [-0.25, -0.2) is 4.39 Å². The molecule has 1 heterocycles. The van der Waals surface area contributed by atoms with Gasteiger partial charge >= 0.3 is 0 Å². The quantitative estimate of drug-likeness (QED) is 0.815. The number of hydrogen-bond donors (Lipinski definition) is 2. The molecule has 2 amide bonds. The zero-order chi connectivity index (χ0) is 19.4. The van der Waals surface area contributed by atoms with Crippen molar-refractivity contribution in [2.45, 2.75) is 19.8 Å². The molecule has 1 aliphatic rings. The lowest BCUT2D eigenvalue weighted by Crippen LogP contribution is -2.40. The van der Waals surface area contributed by atoms with Crippen molar-refractivity contribution in [1.82, 2.24) is 4.90 Å². The first kappa shape index (κ1) is 21.9. The van der Waals surface area contributed by atoms with Gasteiger partial charge in [0, 0.05) is 13.1 Å². The number of benzene rings is 2. The minimum absolute atomic E-state index is 0. The van der Waals surface area contributed by atoms with Crippen molar-refractivity contribution in [3.8, 4) is 0 Å². The fourth-order valence-electron chi connectivity index (χ4n) is 3.38. The maximum absolute atomic E-state index is 13.9. The molecule has 0 spiro atoms. The second kappa shape index (κ2) is 9.66. The molecule has 0 aliphatic carbocycles. The summed E-state index contributed by atoms with van der Waals surface area (Å²) in [5.74, 6) is -0.844. The van der Waals surface area contributed by atoms with E-state index in [0.29, 0.717) is 36.8 Å². The lowest BCUT2D eigenvalue weighted by molar-refractivity contribution is 0.0694. The summed E-state index contributed by atoms with van der Waals surface area (Å²) in [6, 6.07) is 11.1. The molecule has 0 aromatic heterocycles. The Morgan fingerprint density at radius 3 is 2.39 bits per heavy atom. The monoisotopic (exact) mass is 405 g/mol. The Hall–Kier alpha value is -2.44. The summed E-state index contributed by atoms with van der Waals surface area (Å²) < 4.78 is 13.9. The SMILES string of the molecule is Cc1cccc(C(=O)N2CCC(CN)CC2)c1NC(=O)c1ccccc1F.Cl. The normalized spacial score (nSPS) is 14.3. The maximum Gasteiger partial charge on any atom is 0.258 e. The molecule has 1 saturated heterocycles. The fraction of sp³-hybridized carbons (Fsp3) is 0.333. The summed E-state index contributed by atoms with van der Waals surface area (Å²) in [5.41, 5.74) is 7.27. The van der Waals surface area contributed by atoms with E-state index in [9.17, 15) is 14.0 Å². The predicted octanol–water partition coefficient (Wildman–Crippen LogP) is 3.62. The lowest BCUT2D eigenvalue weighted by Gasteiger charge is -2.32. The third kappa shape index (κ3) is 4.69. The minimum atomic E-state index is -0.597. The first-order chi connectivity index (χ1) is 13.0. The molecule has 2 aromatic carbocycles. The van der Waals surface area contributed by atoms with Crippen molar-refractivity contribution in [3.05, 3.63) is 65.0 Å². The van der Waals surface area contributed by atoms with Gasteiger partial charge in [-0.15, -0.1) is 12.4 Å². The average molecular weight is 406 g/mol. The van der Waals surface area contributed by atoms with Gasteiger partial charge in [0.2, 0.25) is 0 Å². The molecule has 3 rings (SSSR count). The number of carbonyl (C=O) groups excluding carboxylic acids is 2. The number of hydrogen-bond acceptors (Lipinski definition) is 3. The molecule has 150 valence electrons. The molecule has 0 atom stereocenters. The van der Waals surface area contributed by atoms with Gasteiger partial charge < -0.3 is 16.0 Å². The van der Waals surface area contributed by atoms with Crippen LogP contribution in [-0.2, 0) is 0 Å². The molecule has 7 heteroatoms. The molecule has 0 unspecified atom stereocenters. The van der Waals surface area contributed by atoms with E-state index in [1.54, 1.807) is 23.1 Å². The van der Waals surface area contributed by atoms with Gasteiger partial charge in [-0.1, -0.05) is 24.3 Å². The van der Waals surface area contributed by atoms with Crippen molar-refractivity contribution in [2.75, 3.05) is 25.0 Å². The van der Waals surface area contributed by atoms with Crippen LogP contribution in [-0.4, -0.2) is 36.3 Å². The molecule has 0 saturated carbocycles. The number of halogens is 2. The molecule has 1 aliphatic heterocycles. The molecule has 2 aromatic rings. The largest absolute Gasteiger partial charge is 0.339 e. The Morgan fingerprint density at radius 2 is 1.75 bits per heavy atom. The number of anilines is 1. The van der Waals surface area contributed by atoms with Gasteiger partial charge in [0.15, 0.2) is 0 Å². The predicted molar refractivity (Wildman–Crippen MR) is 110 cm³/mol. The Bertz CT molecular complexity index is 851. The summed E-state index contributed by atoms with van der Waals surface area (Å²) in [6.07, 6.45) is 1.76. The van der Waals surface area contributed by atoms with Crippen LogP contribution < -0.4 is 11.1 Å². The summed E-state index contributed by atoms with van der Waals surface area (Å²) in [4.78, 5) is 27.3. The highest BCUT2D eigenvalue weighted by atomic mass is 35.5. The third-order valence-corrected chi connectivity index (χ3v) is 5.10. The van der Waals surface area contributed by atoms with Gasteiger partial charge in [-0.3, -0.25) is 9.59 Å². The van der Waals surface area contributed by atoms with Crippen molar-refractivity contribution in [3.63, 3.8) is 0 Å². The van der Waals surface area contributed by atoms with E-state index in [0.717, 1.165) is 18.4 Å². The molecule has 0 bridgehead atoms. The topological polar surface area (TPSA) is 75.4 Å². The van der Waals surface area contributed by atoms with Crippen LogP contribution in [0.1, 0.15) is 39.1 Å². The maximum atomic E-state index is 13.9. The molecule has 28 heavy (non-hydrogen) atoms. The second-order valence-corrected chi connectivity index (χ2v) is 6.90. The van der Waals surface area contributed by atoms with Gasteiger partial charge in [0.05, 0.1) is 16.8 Å². The zero-order valence-corrected chi connectivity index (χ0v) is 16.6. The van der Waals surface area contributed by atoms with Crippen LogP contribution in [0.4, 0.5) is 10.1 Å². The highest BCUT2D eigenvalue weighted by Gasteiger charge is 2.25. The van der Waals surface area contributed by atoms with Crippen molar-refractivity contribution in [1.29, 1.82) is 0 Å².